The number of halogens is 1. The molecule has 0 atom stereocenters. The van der Waals surface area contributed by atoms with Crippen LogP contribution in [0.5, 0.6) is 0 Å². The molecular weight excluding hydrogens is 495 g/mol. The van der Waals surface area contributed by atoms with Crippen molar-refractivity contribution in [2.45, 2.75) is 0 Å². The van der Waals surface area contributed by atoms with Gasteiger partial charge in [-0.05, 0) is 78.9 Å². The molecular formula is C25H17BrN5Sc-. The summed E-state index contributed by atoms with van der Waals surface area (Å²) in [5.41, 5.74) is 9.53. The number of rotatable bonds is 1. The molecule has 7 heteroatoms. The fourth-order valence-corrected chi connectivity index (χ4v) is 3.75. The summed E-state index contributed by atoms with van der Waals surface area (Å²) < 4.78 is 0. The number of H-pyrrole nitrogens is 2. The molecule has 0 amide bonds. The smallest absolute Gasteiger partial charge is 0.0723 e. The number of pyridine rings is 1. The molecule has 153 valence electrons. The number of nitrogens with zero attached hydrogens (tertiary/aromatic N) is 3. The normalized spacial score (nSPS) is 11.6. The number of hydrogen-bond donors (Lipinski definition) is 2. The van der Waals surface area contributed by atoms with Gasteiger partial charge in [-0.15, -0.1) is 0 Å². The average molecular weight is 512 g/mol. The standard InChI is InChI=1S/C25H17N5.BrH.Sc/c1-2-10-26-24(3-1)23-14-22-13-20-7-6-18(28-20)11-16-4-5-17(27-16)12-19-8-9-21(29-19)15-25(23)30-22;;/h1-15,27,30H;1H;/p-1. The third-order valence-electron chi connectivity index (χ3n) is 5.11. The summed E-state index contributed by atoms with van der Waals surface area (Å²) in [6.07, 6.45) is 9.90. The molecule has 1 radical (unpaired) electrons. The molecule has 4 aromatic heterocycles. The molecule has 6 heterocycles. The van der Waals surface area contributed by atoms with Crippen molar-refractivity contribution in [1.82, 2.24) is 24.9 Å². The summed E-state index contributed by atoms with van der Waals surface area (Å²) in [5, 5.41) is 0. The van der Waals surface area contributed by atoms with Gasteiger partial charge in [-0.2, -0.15) is 0 Å². The molecule has 8 bridgehead atoms. The first kappa shape index (κ1) is 22.3. The largest absolute Gasteiger partial charge is 1.00 e. The van der Waals surface area contributed by atoms with Crippen LogP contribution in [0.1, 0.15) is 22.8 Å². The molecule has 0 aliphatic carbocycles. The summed E-state index contributed by atoms with van der Waals surface area (Å²) in [6, 6.07) is 20.3. The van der Waals surface area contributed by atoms with Gasteiger partial charge in [0, 0.05) is 54.2 Å². The van der Waals surface area contributed by atoms with Gasteiger partial charge in [0.2, 0.25) is 0 Å². The molecule has 0 fully saturated rings. The van der Waals surface area contributed by atoms with Crippen molar-refractivity contribution in [2.24, 2.45) is 0 Å². The number of aromatic nitrogens is 5. The SMILES string of the molecule is C1=Cc2cc3cc(-c4ccccn4)c(cc4nc(cc5ccc(cc1n2)[nH]5)C=C4)[nH]3.[Br-].[Sc]. The topological polar surface area (TPSA) is 70.2 Å². The molecule has 2 aliphatic rings. The van der Waals surface area contributed by atoms with Crippen LogP contribution in [0, 0.1) is 0 Å². The van der Waals surface area contributed by atoms with Crippen LogP contribution in [0.25, 0.3) is 57.6 Å². The minimum absolute atomic E-state index is 0. The molecule has 4 aromatic rings. The Labute approximate surface area is 214 Å². The van der Waals surface area contributed by atoms with E-state index in [0.717, 1.165) is 56.1 Å². The van der Waals surface area contributed by atoms with E-state index < -0.39 is 0 Å². The van der Waals surface area contributed by atoms with Crippen molar-refractivity contribution in [2.75, 3.05) is 0 Å². The molecule has 32 heavy (non-hydrogen) atoms. The van der Waals surface area contributed by atoms with Gasteiger partial charge >= 0.3 is 0 Å². The number of fused-ring (bicyclic) bond motifs is 8. The van der Waals surface area contributed by atoms with Gasteiger partial charge in [0.05, 0.1) is 34.0 Å². The van der Waals surface area contributed by atoms with Crippen molar-refractivity contribution in [3.8, 4) is 11.3 Å². The zero-order chi connectivity index (χ0) is 19.9. The van der Waals surface area contributed by atoms with Crippen molar-refractivity contribution in [1.29, 1.82) is 0 Å². The third-order valence-corrected chi connectivity index (χ3v) is 5.11. The van der Waals surface area contributed by atoms with Gasteiger partial charge in [-0.1, -0.05) is 6.07 Å². The van der Waals surface area contributed by atoms with E-state index >= 15 is 0 Å². The Morgan fingerprint density at radius 2 is 1.19 bits per heavy atom. The van der Waals surface area contributed by atoms with Gasteiger partial charge < -0.3 is 26.9 Å². The monoisotopic (exact) mass is 511 g/mol. The Hall–Kier alpha value is -2.90. The summed E-state index contributed by atoms with van der Waals surface area (Å²) in [4.78, 5) is 20.9. The van der Waals surface area contributed by atoms with E-state index in [4.69, 9.17) is 9.97 Å². The molecule has 2 aliphatic heterocycles. The summed E-state index contributed by atoms with van der Waals surface area (Å²) in [7, 11) is 0. The summed E-state index contributed by atoms with van der Waals surface area (Å²) >= 11 is 0. The molecule has 0 unspecified atom stereocenters. The van der Waals surface area contributed by atoms with Gasteiger partial charge in [-0.25, -0.2) is 9.97 Å². The third kappa shape index (κ3) is 4.49. The van der Waals surface area contributed by atoms with Crippen molar-refractivity contribution in [3.63, 3.8) is 0 Å². The van der Waals surface area contributed by atoms with E-state index in [1.165, 1.54) is 0 Å². The van der Waals surface area contributed by atoms with E-state index in [1.807, 2.05) is 79.0 Å². The van der Waals surface area contributed by atoms with Gasteiger partial charge in [0.25, 0.3) is 0 Å². The second kappa shape index (κ2) is 9.30. The van der Waals surface area contributed by atoms with E-state index in [9.17, 15) is 0 Å². The first-order valence-corrected chi connectivity index (χ1v) is 9.78. The van der Waals surface area contributed by atoms with Crippen LogP contribution in [0.3, 0.4) is 0 Å². The quantitative estimate of drug-likeness (QED) is 0.356. The molecule has 0 spiro atoms. The predicted octanol–water partition coefficient (Wildman–Crippen LogP) is 2.72. The van der Waals surface area contributed by atoms with E-state index in [2.05, 4.69) is 27.1 Å². The van der Waals surface area contributed by atoms with E-state index in [0.29, 0.717) is 0 Å². The zero-order valence-electron chi connectivity index (χ0n) is 17.0. The fourth-order valence-electron chi connectivity index (χ4n) is 3.75. The van der Waals surface area contributed by atoms with Gasteiger partial charge in [-0.3, -0.25) is 4.98 Å². The Kier molecular flexibility index (Phi) is 6.48. The van der Waals surface area contributed by atoms with Gasteiger partial charge in [0.1, 0.15) is 0 Å². The minimum Gasteiger partial charge on any atom is -1.00 e. The molecule has 6 rings (SSSR count). The number of nitrogens with one attached hydrogen (secondary N) is 2. The average Bonchev–Trinajstić information content (AvgIpc) is 3.53. The number of hydrogen-bond acceptors (Lipinski definition) is 3. The van der Waals surface area contributed by atoms with Crippen molar-refractivity contribution in [3.05, 3.63) is 89.6 Å². The van der Waals surface area contributed by atoms with E-state index in [1.54, 1.807) is 0 Å². The van der Waals surface area contributed by atoms with Crippen LogP contribution in [-0.4, -0.2) is 24.9 Å². The second-order valence-electron chi connectivity index (χ2n) is 7.30. The van der Waals surface area contributed by atoms with Crippen LogP contribution in [0.15, 0.2) is 66.9 Å². The maximum atomic E-state index is 4.75. The molecule has 5 nitrogen and oxygen atoms in total. The van der Waals surface area contributed by atoms with Crippen molar-refractivity contribution < 1.29 is 42.8 Å². The maximum Gasteiger partial charge on any atom is 0.0723 e. The van der Waals surface area contributed by atoms with Crippen molar-refractivity contribution >= 4 is 46.4 Å². The Morgan fingerprint density at radius 3 is 1.78 bits per heavy atom. The molecule has 2 N–H and O–H groups in total. The zero-order valence-corrected chi connectivity index (χ0v) is 20.3. The molecule has 0 saturated carbocycles. The Morgan fingerprint density at radius 1 is 0.594 bits per heavy atom. The molecule has 0 aromatic carbocycles. The fraction of sp³-hybridized carbons (Fsp3) is 0. The molecule has 0 saturated heterocycles. The predicted molar refractivity (Wildman–Crippen MR) is 122 cm³/mol. The summed E-state index contributed by atoms with van der Waals surface area (Å²) in [5.74, 6) is 0. The van der Waals surface area contributed by atoms with Crippen LogP contribution in [0.4, 0.5) is 0 Å². The van der Waals surface area contributed by atoms with Crippen LogP contribution >= 0.6 is 0 Å². The maximum absolute atomic E-state index is 4.75. The minimum atomic E-state index is 0. The Bertz CT molecular complexity index is 1500. The van der Waals surface area contributed by atoms with Crippen LogP contribution < -0.4 is 17.0 Å². The number of aromatic amines is 2. The van der Waals surface area contributed by atoms with Gasteiger partial charge in [0.15, 0.2) is 0 Å². The second-order valence-corrected chi connectivity index (χ2v) is 7.30. The summed E-state index contributed by atoms with van der Waals surface area (Å²) in [6.45, 7) is 0. The Balaban J connectivity index is 0.00000122. The first-order valence-electron chi connectivity index (χ1n) is 9.78. The van der Waals surface area contributed by atoms with Crippen LogP contribution in [-0.2, 0) is 25.8 Å². The van der Waals surface area contributed by atoms with E-state index in [-0.39, 0.29) is 42.8 Å². The first-order chi connectivity index (χ1) is 14.8. The van der Waals surface area contributed by atoms with Crippen LogP contribution in [0.2, 0.25) is 0 Å².